The molecule has 472 valence electrons. The van der Waals surface area contributed by atoms with Crippen molar-refractivity contribution >= 4 is 41.4 Å². The van der Waals surface area contributed by atoms with E-state index in [1.54, 1.807) is 6.92 Å². The molecule has 22 nitrogen and oxygen atoms in total. The van der Waals surface area contributed by atoms with Crippen LogP contribution >= 0.6 is 0 Å². The lowest BCUT2D eigenvalue weighted by atomic mass is 9.71. The van der Waals surface area contributed by atoms with Crippen molar-refractivity contribution < 1.29 is 69.3 Å². The summed E-state index contributed by atoms with van der Waals surface area (Å²) < 4.78 is 0. The number of amides is 7. The number of nitrogens with one attached hydrogen (secondary N) is 8. The minimum atomic E-state index is -1.18. The third kappa shape index (κ3) is 36.4. The van der Waals surface area contributed by atoms with Crippen molar-refractivity contribution in [1.82, 2.24) is 42.5 Å². The predicted molar refractivity (Wildman–Crippen MR) is 314 cm³/mol. The van der Waals surface area contributed by atoms with Crippen LogP contribution in [0.4, 0.5) is 0 Å². The van der Waals surface area contributed by atoms with Gasteiger partial charge in [-0.2, -0.15) is 0 Å². The number of rotatable bonds is 21. The van der Waals surface area contributed by atoms with E-state index in [2.05, 4.69) is 42.5 Å². The lowest BCUT2D eigenvalue weighted by Crippen LogP contribution is -2.56. The van der Waals surface area contributed by atoms with Crippen molar-refractivity contribution in [2.45, 2.75) is 304 Å². The zero-order valence-corrected chi connectivity index (χ0v) is 52.5. The van der Waals surface area contributed by atoms with Gasteiger partial charge in [-0.3, -0.25) is 33.6 Å². The Morgan fingerprint density at radius 1 is 0.463 bits per heavy atom. The molecule has 1 aliphatic heterocycles. The molecule has 3 saturated carbocycles. The van der Waals surface area contributed by atoms with Crippen LogP contribution in [0.25, 0.3) is 0 Å². The first-order valence-corrected chi connectivity index (χ1v) is 29.6. The fourth-order valence-corrected chi connectivity index (χ4v) is 7.68. The second-order valence-corrected chi connectivity index (χ2v) is 23.9. The molecular weight excluding hydrogens is 1030 g/mol. The van der Waals surface area contributed by atoms with Gasteiger partial charge in [-0.15, -0.1) is 0 Å². The smallest absolute Gasteiger partial charge is 0.253 e. The average molecular weight is 1150 g/mol. The van der Waals surface area contributed by atoms with E-state index in [0.717, 1.165) is 44.9 Å². The Hall–Kier alpha value is -4.03. The molecule has 5 unspecified atom stereocenters. The van der Waals surface area contributed by atoms with Gasteiger partial charge in [0.05, 0.1) is 0 Å². The maximum atomic E-state index is 11.4. The van der Waals surface area contributed by atoms with Gasteiger partial charge in [0, 0.05) is 48.8 Å². The highest BCUT2D eigenvalue weighted by molar-refractivity contribution is 5.87. The van der Waals surface area contributed by atoms with Crippen LogP contribution in [0.15, 0.2) is 0 Å². The molecule has 4 fully saturated rings. The van der Waals surface area contributed by atoms with E-state index in [0.29, 0.717) is 70.4 Å². The van der Waals surface area contributed by atoms with E-state index < -0.39 is 41.2 Å². The monoisotopic (exact) mass is 1150 g/mol. The van der Waals surface area contributed by atoms with Crippen LogP contribution in [0.5, 0.6) is 0 Å². The van der Waals surface area contributed by atoms with Gasteiger partial charge >= 0.3 is 0 Å². The van der Waals surface area contributed by atoms with Gasteiger partial charge in [-0.25, -0.2) is 0 Å². The average Bonchev–Trinajstić information content (AvgIpc) is 3.76. The summed E-state index contributed by atoms with van der Waals surface area (Å²) in [5, 5.41) is 87.5. The van der Waals surface area contributed by atoms with E-state index in [9.17, 15) is 59.1 Å². The van der Waals surface area contributed by atoms with Gasteiger partial charge in [0.2, 0.25) is 23.6 Å². The molecule has 4 aliphatic rings. The molecule has 7 amide bonds. The number of aliphatic hydroxyl groups is 7. The molecule has 1 heterocycles. The second kappa shape index (κ2) is 41.9. The zero-order valence-electron chi connectivity index (χ0n) is 52.5. The summed E-state index contributed by atoms with van der Waals surface area (Å²) in [6.07, 6.45) is 8.06. The van der Waals surface area contributed by atoms with Crippen LogP contribution in [0.1, 0.15) is 221 Å². The fraction of sp³-hybridized carbons (Fsp3) is 0.879. The number of hydrogen-bond acceptors (Lipinski definition) is 15. The molecule has 0 bridgehead atoms. The van der Waals surface area contributed by atoms with E-state index in [4.69, 9.17) is 10.2 Å². The number of aliphatic hydroxyl groups excluding tert-OH is 4. The first-order chi connectivity index (χ1) is 36.9. The number of β-amino-alcohol motifs (C(OH)–C–C–N with tert-alkyl or cyclic N) is 1. The highest BCUT2D eigenvalue weighted by Gasteiger charge is 2.47. The molecular formula is C58H116N8O14. The van der Waals surface area contributed by atoms with Crippen LogP contribution in [0.3, 0.4) is 0 Å². The fourth-order valence-electron chi connectivity index (χ4n) is 7.68. The summed E-state index contributed by atoms with van der Waals surface area (Å²) in [6, 6.07) is 0.746. The maximum Gasteiger partial charge on any atom is 0.253 e. The van der Waals surface area contributed by atoms with Crippen molar-refractivity contribution in [3.63, 3.8) is 0 Å². The van der Waals surface area contributed by atoms with Crippen molar-refractivity contribution in [1.29, 1.82) is 0 Å². The van der Waals surface area contributed by atoms with Crippen molar-refractivity contribution in [3.05, 3.63) is 0 Å². The van der Waals surface area contributed by atoms with Gasteiger partial charge in [-0.1, -0.05) is 53.4 Å². The van der Waals surface area contributed by atoms with E-state index in [1.807, 2.05) is 118 Å². The number of unbranched alkanes of at least 4 members (excludes halogenated alkanes) is 1. The van der Waals surface area contributed by atoms with Crippen molar-refractivity contribution in [2.75, 3.05) is 13.1 Å². The number of hydrogen-bond donors (Lipinski definition) is 15. The molecule has 3 aliphatic carbocycles. The molecule has 0 aromatic carbocycles. The van der Waals surface area contributed by atoms with Crippen molar-refractivity contribution in [2.24, 2.45) is 11.8 Å². The van der Waals surface area contributed by atoms with Crippen LogP contribution in [-0.2, 0) is 33.6 Å². The summed E-state index contributed by atoms with van der Waals surface area (Å²) >= 11 is 0. The predicted octanol–water partition coefficient (Wildman–Crippen LogP) is 3.02. The third-order valence-corrected chi connectivity index (χ3v) is 12.5. The maximum absolute atomic E-state index is 11.4. The Morgan fingerprint density at radius 3 is 1.11 bits per heavy atom. The summed E-state index contributed by atoms with van der Waals surface area (Å²) in [7, 11) is 0. The molecule has 22 heteroatoms. The number of carbonyl (C=O) groups excluding carboxylic acids is 7. The van der Waals surface area contributed by atoms with Crippen molar-refractivity contribution in [3.8, 4) is 0 Å². The molecule has 0 spiro atoms. The van der Waals surface area contributed by atoms with Gasteiger partial charge in [-0.05, 0) is 186 Å². The third-order valence-electron chi connectivity index (χ3n) is 12.5. The SMILES string of the molecule is CC(C)NC(=O)C(O)C1CCC1.CC(C)NC(=O)C1(O)CCC1.CC(C)NC(=O)C1(O)CCNC1.CC1CC(O)(C(=O)NC(C)C)C1.CCC(O)C(=O)NC(C)C.CCCC(O)C(=O)NC(C)C.CCCCC(O)C(=O)NC(C)C. The highest BCUT2D eigenvalue weighted by Crippen LogP contribution is 2.37. The summed E-state index contributed by atoms with van der Waals surface area (Å²) in [6.45, 7) is 35.2. The van der Waals surface area contributed by atoms with Crippen LogP contribution in [0, 0.1) is 11.8 Å². The molecule has 80 heavy (non-hydrogen) atoms. The Morgan fingerprint density at radius 2 is 0.825 bits per heavy atom. The summed E-state index contributed by atoms with van der Waals surface area (Å²) in [5.41, 5.74) is -3.28. The van der Waals surface area contributed by atoms with Gasteiger partial charge in [0.1, 0.15) is 35.6 Å². The summed E-state index contributed by atoms with van der Waals surface area (Å²) in [5.74, 6) is -0.999. The molecule has 0 radical (unpaired) electrons. The Labute approximate surface area is 481 Å². The van der Waals surface area contributed by atoms with Gasteiger partial charge in [0.25, 0.3) is 17.7 Å². The Kier molecular flexibility index (Phi) is 42.0. The normalized spacial score (nSPS) is 21.0. The Balaban J connectivity index is -0.000000866. The molecule has 5 atom stereocenters. The topological polar surface area (TPSA) is 357 Å². The molecule has 15 N–H and O–H groups in total. The molecule has 0 aromatic rings. The van der Waals surface area contributed by atoms with E-state index in [1.165, 1.54) is 0 Å². The summed E-state index contributed by atoms with van der Waals surface area (Å²) in [4.78, 5) is 78.0. The molecule has 4 rings (SSSR count). The quantitative estimate of drug-likeness (QED) is 0.0786. The first kappa shape index (κ1) is 80.2. The van der Waals surface area contributed by atoms with Gasteiger partial charge in [0.15, 0.2) is 5.60 Å². The van der Waals surface area contributed by atoms with E-state index >= 15 is 0 Å². The highest BCUT2D eigenvalue weighted by atomic mass is 16.3. The minimum Gasteiger partial charge on any atom is -0.383 e. The lowest BCUT2D eigenvalue weighted by Gasteiger charge is -2.40. The molecule has 1 saturated heterocycles. The second-order valence-electron chi connectivity index (χ2n) is 23.9. The minimum absolute atomic E-state index is 0.0853. The lowest BCUT2D eigenvalue weighted by molar-refractivity contribution is -0.154. The standard InChI is InChI=1S/2C9H17NO2.C9H19NO2.C8H16N2O2.C8H15NO2.C8H17NO2.C7H15NO2/c1-6(2)10-8(11)9(12)4-7(3)5-9;1-6(2)10-9(12)8(11)7-4-3-5-7;1-4-5-6-8(11)9(12)10-7(2)3;1-6(2)10-7(11)8(12)3-4-9-5-8;1-6(2)9-7(10)8(11)4-3-5-8;1-4-5-7(10)8(11)9-6(2)3;1-4-6(9)7(10)8-5(2)3/h6-7,12H,4-5H2,1-3H3,(H,10,11);6-8,11H,3-5H2,1-2H3,(H,10,12);7-8,11H,4-6H2,1-3H3,(H,10,12);6,9,12H,3-5H2,1-2H3,(H,10,11);6,11H,3-5H2,1-2H3,(H,9,10);6-7,10H,4-5H2,1-3H3,(H,9,11);5-6,9H,4H2,1-3H3,(H,8,10). The van der Waals surface area contributed by atoms with E-state index in [-0.39, 0.29) is 89.6 Å². The van der Waals surface area contributed by atoms with Crippen LogP contribution in [0.2, 0.25) is 0 Å². The largest absolute Gasteiger partial charge is 0.383 e. The number of carbonyl (C=O) groups is 7. The zero-order chi connectivity index (χ0) is 62.7. The van der Waals surface area contributed by atoms with Crippen LogP contribution < -0.4 is 42.5 Å². The molecule has 0 aromatic heterocycles. The van der Waals surface area contributed by atoms with Gasteiger partial charge < -0.3 is 78.3 Å². The van der Waals surface area contributed by atoms with Crippen LogP contribution in [-0.4, -0.2) is 174 Å². The Bertz CT molecular complexity index is 1750. The first-order valence-electron chi connectivity index (χ1n) is 29.6.